The molecule has 0 aliphatic carbocycles. The molecule has 6 heteroatoms. The molecule has 0 amide bonds. The number of H-pyrrole nitrogens is 1. The number of nitrogens with one attached hydrogen (secondary N) is 1. The number of fused-ring (bicyclic) bond motifs is 1. The number of rotatable bonds is 5. The third-order valence-corrected chi connectivity index (χ3v) is 4.06. The molecule has 2 aromatic carbocycles. The number of methoxy groups -OCH3 is 3. The number of nitrogens with two attached hydrogens (primary N) is 1. The van der Waals surface area contributed by atoms with Crippen LogP contribution in [0.1, 0.15) is 11.1 Å². The van der Waals surface area contributed by atoms with Crippen LogP contribution in [0.15, 0.2) is 30.5 Å². The van der Waals surface area contributed by atoms with E-state index in [-0.39, 0.29) is 5.82 Å². The molecule has 0 unspecified atom stereocenters. The van der Waals surface area contributed by atoms with E-state index in [2.05, 4.69) is 4.98 Å². The van der Waals surface area contributed by atoms with Gasteiger partial charge < -0.3 is 24.9 Å². The van der Waals surface area contributed by atoms with Gasteiger partial charge in [0.1, 0.15) is 5.82 Å². The first-order valence-electron chi connectivity index (χ1n) is 7.41. The van der Waals surface area contributed by atoms with Gasteiger partial charge in [0.2, 0.25) is 5.75 Å². The molecule has 24 heavy (non-hydrogen) atoms. The Kier molecular flexibility index (Phi) is 4.20. The molecule has 0 radical (unpaired) electrons. The molecule has 3 rings (SSSR count). The molecule has 1 heterocycles. The van der Waals surface area contributed by atoms with Crippen molar-refractivity contribution in [2.75, 3.05) is 27.1 Å². The van der Waals surface area contributed by atoms with Crippen molar-refractivity contribution in [3.05, 3.63) is 47.4 Å². The lowest BCUT2D eigenvalue weighted by atomic mass is 10.0. The van der Waals surface area contributed by atoms with E-state index in [0.29, 0.717) is 29.4 Å². The number of hydrogen-bond acceptors (Lipinski definition) is 4. The van der Waals surface area contributed by atoms with Crippen molar-refractivity contribution in [2.45, 2.75) is 6.42 Å². The van der Waals surface area contributed by atoms with Crippen molar-refractivity contribution in [3.63, 3.8) is 0 Å². The van der Waals surface area contributed by atoms with Crippen LogP contribution in [-0.2, 0) is 6.42 Å². The molecule has 0 saturated heterocycles. The maximum atomic E-state index is 13.3. The van der Waals surface area contributed by atoms with Crippen molar-refractivity contribution in [3.8, 4) is 17.2 Å². The number of aromatic amines is 1. The van der Waals surface area contributed by atoms with Crippen LogP contribution < -0.4 is 19.9 Å². The van der Waals surface area contributed by atoms with Gasteiger partial charge in [-0.3, -0.25) is 0 Å². The summed E-state index contributed by atoms with van der Waals surface area (Å²) in [5, 5.41) is 0.949. The van der Waals surface area contributed by atoms with E-state index in [0.717, 1.165) is 22.0 Å². The second kappa shape index (κ2) is 6.31. The molecule has 5 nitrogen and oxygen atoms in total. The summed E-state index contributed by atoms with van der Waals surface area (Å²) in [7, 11) is 4.63. The predicted octanol–water partition coefficient (Wildman–Crippen LogP) is 3.51. The Bertz CT molecular complexity index is 890. The SMILES string of the molecule is COc1cc(Cc2c[nH]c3cc(F)ccc23)c(N)c(OC)c1OC. The summed E-state index contributed by atoms with van der Waals surface area (Å²) in [6, 6.07) is 6.50. The van der Waals surface area contributed by atoms with Gasteiger partial charge in [0, 0.05) is 23.5 Å². The van der Waals surface area contributed by atoms with Crippen LogP contribution in [0, 0.1) is 5.82 Å². The third kappa shape index (κ3) is 2.60. The van der Waals surface area contributed by atoms with Crippen LogP contribution in [-0.4, -0.2) is 26.3 Å². The minimum atomic E-state index is -0.275. The zero-order valence-corrected chi connectivity index (χ0v) is 13.8. The first-order chi connectivity index (χ1) is 11.6. The third-order valence-electron chi connectivity index (χ3n) is 4.06. The second-order valence-electron chi connectivity index (χ2n) is 5.40. The van der Waals surface area contributed by atoms with Crippen molar-refractivity contribution in [1.29, 1.82) is 0 Å². The molecule has 0 aliphatic heterocycles. The molecule has 0 aliphatic rings. The van der Waals surface area contributed by atoms with Gasteiger partial charge in [0.15, 0.2) is 11.5 Å². The van der Waals surface area contributed by atoms with E-state index in [4.69, 9.17) is 19.9 Å². The zero-order chi connectivity index (χ0) is 17.3. The predicted molar refractivity (Wildman–Crippen MR) is 91.6 cm³/mol. The Morgan fingerprint density at radius 3 is 2.42 bits per heavy atom. The normalized spacial score (nSPS) is 10.8. The van der Waals surface area contributed by atoms with Crippen molar-refractivity contribution in [2.24, 2.45) is 0 Å². The highest BCUT2D eigenvalue weighted by atomic mass is 19.1. The Labute approximate surface area is 139 Å². The standard InChI is InChI=1S/C18H19FN2O3/c1-22-15-7-10(16(20)18(24-3)17(15)23-2)6-11-9-21-14-8-12(19)4-5-13(11)14/h4-5,7-9,21H,6,20H2,1-3H3. The lowest BCUT2D eigenvalue weighted by Gasteiger charge is -2.17. The summed E-state index contributed by atoms with van der Waals surface area (Å²) >= 11 is 0. The maximum Gasteiger partial charge on any atom is 0.205 e. The van der Waals surface area contributed by atoms with Gasteiger partial charge in [-0.25, -0.2) is 4.39 Å². The Hall–Kier alpha value is -2.89. The average molecular weight is 330 g/mol. The molecule has 3 aromatic rings. The number of ether oxygens (including phenoxy) is 3. The maximum absolute atomic E-state index is 13.3. The fraction of sp³-hybridized carbons (Fsp3) is 0.222. The number of halogens is 1. The summed E-state index contributed by atoms with van der Waals surface area (Å²) in [6.45, 7) is 0. The summed E-state index contributed by atoms with van der Waals surface area (Å²) in [5.41, 5.74) is 9.33. The van der Waals surface area contributed by atoms with Crippen LogP contribution in [0.3, 0.4) is 0 Å². The number of benzene rings is 2. The van der Waals surface area contributed by atoms with Gasteiger partial charge in [0.05, 0.1) is 27.0 Å². The summed E-state index contributed by atoms with van der Waals surface area (Å²) in [4.78, 5) is 3.08. The molecule has 0 fully saturated rings. The largest absolute Gasteiger partial charge is 0.493 e. The summed E-state index contributed by atoms with van der Waals surface area (Å²) in [5.74, 6) is 1.17. The summed E-state index contributed by atoms with van der Waals surface area (Å²) in [6.07, 6.45) is 2.40. The molecule has 3 N–H and O–H groups in total. The Balaban J connectivity index is 2.08. The molecule has 0 bridgehead atoms. The van der Waals surface area contributed by atoms with E-state index in [1.807, 2.05) is 12.3 Å². The van der Waals surface area contributed by atoms with Crippen LogP contribution in [0.5, 0.6) is 17.2 Å². The first kappa shape index (κ1) is 16.0. The van der Waals surface area contributed by atoms with Crippen molar-refractivity contribution < 1.29 is 18.6 Å². The highest BCUT2D eigenvalue weighted by Crippen LogP contribution is 2.44. The minimum absolute atomic E-state index is 0.275. The molecule has 0 atom stereocenters. The van der Waals surface area contributed by atoms with E-state index in [1.165, 1.54) is 26.4 Å². The van der Waals surface area contributed by atoms with Gasteiger partial charge in [-0.1, -0.05) is 0 Å². The highest BCUT2D eigenvalue weighted by Gasteiger charge is 2.19. The van der Waals surface area contributed by atoms with Crippen LogP contribution in [0.4, 0.5) is 10.1 Å². The van der Waals surface area contributed by atoms with E-state index in [9.17, 15) is 4.39 Å². The molecule has 0 spiro atoms. The Morgan fingerprint density at radius 1 is 1.00 bits per heavy atom. The monoisotopic (exact) mass is 330 g/mol. The van der Waals surface area contributed by atoms with Gasteiger partial charge in [-0.2, -0.15) is 0 Å². The number of nitrogen functional groups attached to an aromatic ring is 1. The van der Waals surface area contributed by atoms with Crippen molar-refractivity contribution >= 4 is 16.6 Å². The van der Waals surface area contributed by atoms with Crippen LogP contribution >= 0.6 is 0 Å². The fourth-order valence-corrected chi connectivity index (χ4v) is 2.89. The Morgan fingerprint density at radius 2 is 1.75 bits per heavy atom. The molecular weight excluding hydrogens is 311 g/mol. The van der Waals surface area contributed by atoms with Crippen LogP contribution in [0.25, 0.3) is 10.9 Å². The van der Waals surface area contributed by atoms with E-state index >= 15 is 0 Å². The van der Waals surface area contributed by atoms with Gasteiger partial charge >= 0.3 is 0 Å². The van der Waals surface area contributed by atoms with E-state index < -0.39 is 0 Å². The topological polar surface area (TPSA) is 69.5 Å². The van der Waals surface area contributed by atoms with Crippen molar-refractivity contribution in [1.82, 2.24) is 4.98 Å². The summed E-state index contributed by atoms with van der Waals surface area (Å²) < 4.78 is 29.4. The quantitative estimate of drug-likeness (QED) is 0.703. The molecular formula is C18H19FN2O3. The second-order valence-corrected chi connectivity index (χ2v) is 5.40. The smallest absolute Gasteiger partial charge is 0.205 e. The first-order valence-corrected chi connectivity index (χ1v) is 7.41. The highest BCUT2D eigenvalue weighted by molar-refractivity contribution is 5.84. The zero-order valence-electron chi connectivity index (χ0n) is 13.8. The lowest BCUT2D eigenvalue weighted by Crippen LogP contribution is -2.03. The lowest BCUT2D eigenvalue weighted by molar-refractivity contribution is 0.325. The van der Waals surface area contributed by atoms with E-state index in [1.54, 1.807) is 13.2 Å². The average Bonchev–Trinajstić information content (AvgIpc) is 2.97. The molecule has 1 aromatic heterocycles. The minimum Gasteiger partial charge on any atom is -0.493 e. The number of aromatic nitrogens is 1. The molecule has 0 saturated carbocycles. The van der Waals surface area contributed by atoms with Gasteiger partial charge in [-0.15, -0.1) is 0 Å². The molecule has 126 valence electrons. The number of hydrogen-bond donors (Lipinski definition) is 2. The number of anilines is 1. The van der Waals surface area contributed by atoms with Gasteiger partial charge in [-0.05, 0) is 35.4 Å². The van der Waals surface area contributed by atoms with Crippen LogP contribution in [0.2, 0.25) is 0 Å². The fourth-order valence-electron chi connectivity index (χ4n) is 2.89. The van der Waals surface area contributed by atoms with Gasteiger partial charge in [0.25, 0.3) is 0 Å².